The third kappa shape index (κ3) is 3.48. The number of nitrogens with zero attached hydrogens (tertiary/aromatic N) is 2. The van der Waals surface area contributed by atoms with Gasteiger partial charge in [-0.1, -0.05) is 30.3 Å². The van der Waals surface area contributed by atoms with Crippen LogP contribution in [0.2, 0.25) is 0 Å². The molecule has 1 N–H and O–H groups in total. The van der Waals surface area contributed by atoms with Crippen molar-refractivity contribution in [3.8, 4) is 5.75 Å². The lowest BCUT2D eigenvalue weighted by Gasteiger charge is -2.28. The highest BCUT2D eigenvalue weighted by atomic mass is 19.1. The molecule has 172 valence electrons. The summed E-state index contributed by atoms with van der Waals surface area (Å²) in [7, 11) is 1.88. The van der Waals surface area contributed by atoms with Crippen LogP contribution in [0.25, 0.3) is 5.76 Å². The van der Waals surface area contributed by atoms with Crippen LogP contribution < -0.4 is 14.5 Å². The van der Waals surface area contributed by atoms with Crippen LogP contribution in [0, 0.1) is 11.6 Å². The zero-order valence-corrected chi connectivity index (χ0v) is 18.2. The molecular weight excluding hydrogens is 442 g/mol. The SMILES string of the molecule is CN1CCOc2ccc(/C(O)=C3/C(=O)C(=O)N(c4ccc(F)cc4F)C3c3ccccc3)cc21. The number of benzene rings is 3. The van der Waals surface area contributed by atoms with Gasteiger partial charge in [-0.25, -0.2) is 8.78 Å². The van der Waals surface area contributed by atoms with Gasteiger partial charge in [-0.05, 0) is 35.9 Å². The Morgan fingerprint density at radius 3 is 2.50 bits per heavy atom. The van der Waals surface area contributed by atoms with E-state index in [0.29, 0.717) is 36.1 Å². The van der Waals surface area contributed by atoms with Gasteiger partial charge in [-0.2, -0.15) is 0 Å². The molecule has 1 atom stereocenters. The molecule has 0 radical (unpaired) electrons. The highest BCUT2D eigenvalue weighted by Gasteiger charge is 2.47. The number of likely N-dealkylation sites (N-methyl/N-ethyl adjacent to an activating group) is 1. The molecule has 0 aromatic heterocycles. The van der Waals surface area contributed by atoms with Gasteiger partial charge >= 0.3 is 0 Å². The van der Waals surface area contributed by atoms with E-state index < -0.39 is 29.4 Å². The number of carbonyl (C=O) groups is 2. The molecule has 3 aromatic carbocycles. The molecule has 1 fully saturated rings. The second-order valence-corrected chi connectivity index (χ2v) is 8.13. The van der Waals surface area contributed by atoms with Gasteiger partial charge < -0.3 is 14.7 Å². The first-order valence-electron chi connectivity index (χ1n) is 10.7. The zero-order chi connectivity index (χ0) is 24.0. The number of aliphatic hydroxyl groups excluding tert-OH is 1. The van der Waals surface area contributed by atoms with E-state index in [4.69, 9.17) is 4.74 Å². The van der Waals surface area contributed by atoms with Crippen LogP contribution >= 0.6 is 0 Å². The van der Waals surface area contributed by atoms with E-state index in [9.17, 15) is 23.5 Å². The summed E-state index contributed by atoms with van der Waals surface area (Å²) in [5.41, 5.74) is 1.10. The number of fused-ring (bicyclic) bond motifs is 1. The van der Waals surface area contributed by atoms with Crippen LogP contribution in [0.15, 0.2) is 72.3 Å². The van der Waals surface area contributed by atoms with E-state index in [1.54, 1.807) is 48.5 Å². The summed E-state index contributed by atoms with van der Waals surface area (Å²) in [6.07, 6.45) is 0. The Labute approximate surface area is 194 Å². The van der Waals surface area contributed by atoms with Gasteiger partial charge in [0.15, 0.2) is 0 Å². The Balaban J connectivity index is 1.71. The van der Waals surface area contributed by atoms with Crippen molar-refractivity contribution in [3.05, 3.63) is 95.1 Å². The van der Waals surface area contributed by atoms with Crippen molar-refractivity contribution in [2.75, 3.05) is 30.0 Å². The van der Waals surface area contributed by atoms with Crippen molar-refractivity contribution in [1.29, 1.82) is 0 Å². The molecule has 0 spiro atoms. The number of anilines is 2. The standard InChI is InChI=1S/C26H20F2N2O4/c1-29-11-12-34-21-10-7-16(13-20(21)29)24(31)22-23(15-5-3-2-4-6-15)30(26(33)25(22)32)19-9-8-17(27)14-18(19)28/h2-10,13-14,23,31H,11-12H2,1H3/b24-22-. The molecule has 6 nitrogen and oxygen atoms in total. The topological polar surface area (TPSA) is 70.1 Å². The van der Waals surface area contributed by atoms with Crippen molar-refractivity contribution in [2.45, 2.75) is 6.04 Å². The van der Waals surface area contributed by atoms with Crippen molar-refractivity contribution in [3.63, 3.8) is 0 Å². The molecule has 34 heavy (non-hydrogen) atoms. The zero-order valence-electron chi connectivity index (χ0n) is 18.2. The van der Waals surface area contributed by atoms with Crippen LogP contribution in [0.3, 0.4) is 0 Å². The predicted octanol–water partition coefficient (Wildman–Crippen LogP) is 4.42. The number of hydrogen-bond donors (Lipinski definition) is 1. The van der Waals surface area contributed by atoms with Gasteiger partial charge in [0.05, 0.1) is 29.5 Å². The van der Waals surface area contributed by atoms with Crippen molar-refractivity contribution in [1.82, 2.24) is 0 Å². The fourth-order valence-corrected chi connectivity index (χ4v) is 4.36. The summed E-state index contributed by atoms with van der Waals surface area (Å²) in [5.74, 6) is -3.53. The third-order valence-electron chi connectivity index (χ3n) is 6.06. The van der Waals surface area contributed by atoms with Crippen molar-refractivity contribution >= 4 is 28.8 Å². The Hall–Kier alpha value is -4.20. The van der Waals surface area contributed by atoms with Crippen molar-refractivity contribution in [2.24, 2.45) is 0 Å². The molecule has 2 aliphatic heterocycles. The maximum absolute atomic E-state index is 14.7. The van der Waals surface area contributed by atoms with Crippen molar-refractivity contribution < 1.29 is 28.2 Å². The normalized spacial score (nSPS) is 19.2. The smallest absolute Gasteiger partial charge is 0.300 e. The van der Waals surface area contributed by atoms with E-state index in [-0.39, 0.29) is 17.0 Å². The fourth-order valence-electron chi connectivity index (χ4n) is 4.36. The van der Waals surface area contributed by atoms with Gasteiger partial charge in [0, 0.05) is 18.7 Å². The summed E-state index contributed by atoms with van der Waals surface area (Å²) in [6, 6.07) is 15.2. The molecule has 0 saturated carbocycles. The second-order valence-electron chi connectivity index (χ2n) is 8.13. The predicted molar refractivity (Wildman–Crippen MR) is 123 cm³/mol. The first-order chi connectivity index (χ1) is 16.4. The molecule has 0 bridgehead atoms. The first-order valence-corrected chi connectivity index (χ1v) is 10.7. The summed E-state index contributed by atoms with van der Waals surface area (Å²) < 4.78 is 33.9. The maximum Gasteiger partial charge on any atom is 0.300 e. The minimum atomic E-state index is -1.11. The van der Waals surface area contributed by atoms with Gasteiger partial charge in [0.2, 0.25) is 0 Å². The van der Waals surface area contributed by atoms with Crippen LogP contribution in [0.4, 0.5) is 20.2 Å². The number of halogens is 2. The lowest BCUT2D eigenvalue weighted by atomic mass is 9.95. The number of ketones is 1. The molecule has 1 saturated heterocycles. The molecule has 2 aliphatic rings. The number of hydrogen-bond acceptors (Lipinski definition) is 5. The van der Waals surface area contributed by atoms with Gasteiger partial charge in [-0.3, -0.25) is 14.5 Å². The molecule has 3 aromatic rings. The molecular formula is C26H20F2N2O4. The minimum Gasteiger partial charge on any atom is -0.507 e. The van der Waals surface area contributed by atoms with Crippen LogP contribution in [0.1, 0.15) is 17.2 Å². The molecule has 1 amide bonds. The van der Waals surface area contributed by atoms with Crippen LogP contribution in [0.5, 0.6) is 5.75 Å². The van der Waals surface area contributed by atoms with Gasteiger partial charge in [0.1, 0.15) is 29.8 Å². The number of rotatable bonds is 3. The van der Waals surface area contributed by atoms with Gasteiger partial charge in [0.25, 0.3) is 11.7 Å². The Morgan fingerprint density at radius 1 is 1.00 bits per heavy atom. The van der Waals surface area contributed by atoms with Crippen LogP contribution in [-0.2, 0) is 9.59 Å². The molecule has 0 aliphatic carbocycles. The average molecular weight is 462 g/mol. The minimum absolute atomic E-state index is 0.181. The number of carbonyl (C=O) groups excluding carboxylic acids is 2. The Bertz CT molecular complexity index is 1340. The third-order valence-corrected chi connectivity index (χ3v) is 6.06. The average Bonchev–Trinajstić information content (AvgIpc) is 3.10. The summed E-state index contributed by atoms with van der Waals surface area (Å²) in [4.78, 5) is 29.2. The highest BCUT2D eigenvalue weighted by Crippen LogP contribution is 2.43. The monoisotopic (exact) mass is 462 g/mol. The number of Topliss-reactive ketones (excluding diaryl/α,β-unsaturated/α-hetero) is 1. The molecule has 1 unspecified atom stereocenters. The van der Waals surface area contributed by atoms with E-state index in [1.807, 2.05) is 11.9 Å². The lowest BCUT2D eigenvalue weighted by Crippen LogP contribution is -2.30. The van der Waals surface area contributed by atoms with E-state index >= 15 is 0 Å². The maximum atomic E-state index is 14.7. The fraction of sp³-hybridized carbons (Fsp3) is 0.154. The summed E-state index contributed by atoms with van der Waals surface area (Å²) in [5, 5.41) is 11.3. The van der Waals surface area contributed by atoms with Crippen LogP contribution in [-0.4, -0.2) is 37.0 Å². The largest absolute Gasteiger partial charge is 0.507 e. The number of amides is 1. The summed E-state index contributed by atoms with van der Waals surface area (Å²) in [6.45, 7) is 1.17. The number of ether oxygens (including phenoxy) is 1. The first kappa shape index (κ1) is 21.6. The molecule has 2 heterocycles. The summed E-state index contributed by atoms with van der Waals surface area (Å²) >= 11 is 0. The molecule has 5 rings (SSSR count). The highest BCUT2D eigenvalue weighted by molar-refractivity contribution is 6.51. The van der Waals surface area contributed by atoms with E-state index in [0.717, 1.165) is 22.7 Å². The number of aliphatic hydroxyl groups is 1. The quantitative estimate of drug-likeness (QED) is 0.355. The Morgan fingerprint density at radius 2 is 1.76 bits per heavy atom. The van der Waals surface area contributed by atoms with Gasteiger partial charge in [-0.15, -0.1) is 0 Å². The van der Waals surface area contributed by atoms with E-state index in [2.05, 4.69) is 0 Å². The molecule has 8 heteroatoms. The lowest BCUT2D eigenvalue weighted by molar-refractivity contribution is -0.132. The second kappa shape index (κ2) is 8.30. The van der Waals surface area contributed by atoms with E-state index in [1.165, 1.54) is 0 Å². The Kier molecular flexibility index (Phi) is 5.28.